The number of aromatic amines is 1. The van der Waals surface area contributed by atoms with E-state index in [9.17, 15) is 9.59 Å². The fourth-order valence-corrected chi connectivity index (χ4v) is 3.84. The molecule has 1 atom stereocenters. The van der Waals surface area contributed by atoms with Gasteiger partial charge in [-0.05, 0) is 36.2 Å². The standard InChI is InChI=1S/C22H23N3O2/c1-24(14-16-6-5-9-20-19(16)12-13-23-20)22(27)17-10-11-21(26)25(15-17)18-7-3-2-4-8-18/h2-9,12-13,17,23H,10-11,14-15H2,1H3. The first-order valence-electron chi connectivity index (χ1n) is 9.29. The van der Waals surface area contributed by atoms with Gasteiger partial charge in [-0.15, -0.1) is 0 Å². The molecule has 1 N–H and O–H groups in total. The summed E-state index contributed by atoms with van der Waals surface area (Å²) in [6, 6.07) is 17.7. The molecule has 1 fully saturated rings. The number of benzene rings is 2. The molecule has 27 heavy (non-hydrogen) atoms. The Bertz CT molecular complexity index is 964. The van der Waals surface area contributed by atoms with Crippen LogP contribution in [0.4, 0.5) is 5.69 Å². The first-order valence-corrected chi connectivity index (χ1v) is 9.29. The van der Waals surface area contributed by atoms with Gasteiger partial charge >= 0.3 is 0 Å². The summed E-state index contributed by atoms with van der Waals surface area (Å²) in [6.07, 6.45) is 2.94. The van der Waals surface area contributed by atoms with Crippen LogP contribution in [0.25, 0.3) is 10.9 Å². The molecule has 5 nitrogen and oxygen atoms in total. The van der Waals surface area contributed by atoms with E-state index in [1.807, 2.05) is 61.8 Å². The van der Waals surface area contributed by atoms with Gasteiger partial charge in [0.15, 0.2) is 0 Å². The monoisotopic (exact) mass is 361 g/mol. The van der Waals surface area contributed by atoms with Crippen LogP contribution in [0.1, 0.15) is 18.4 Å². The molecule has 0 bridgehead atoms. The first kappa shape index (κ1) is 17.3. The van der Waals surface area contributed by atoms with E-state index < -0.39 is 0 Å². The third kappa shape index (κ3) is 3.45. The van der Waals surface area contributed by atoms with Gasteiger partial charge in [0.25, 0.3) is 0 Å². The maximum absolute atomic E-state index is 13.0. The highest BCUT2D eigenvalue weighted by Gasteiger charge is 2.32. The van der Waals surface area contributed by atoms with Gasteiger partial charge in [-0.25, -0.2) is 0 Å². The van der Waals surface area contributed by atoms with Crippen molar-refractivity contribution in [2.75, 3.05) is 18.5 Å². The molecule has 2 aromatic carbocycles. The van der Waals surface area contributed by atoms with Crippen LogP contribution in [0, 0.1) is 5.92 Å². The lowest BCUT2D eigenvalue weighted by atomic mass is 9.95. The molecule has 1 aliphatic rings. The lowest BCUT2D eigenvalue weighted by molar-refractivity contribution is -0.136. The number of nitrogens with zero attached hydrogens (tertiary/aromatic N) is 2. The summed E-state index contributed by atoms with van der Waals surface area (Å²) in [4.78, 5) is 32.1. The molecule has 1 aromatic heterocycles. The molecule has 1 unspecified atom stereocenters. The van der Waals surface area contributed by atoms with Crippen LogP contribution in [0.3, 0.4) is 0 Å². The zero-order valence-corrected chi connectivity index (χ0v) is 15.4. The number of H-pyrrole nitrogens is 1. The van der Waals surface area contributed by atoms with E-state index >= 15 is 0 Å². The van der Waals surface area contributed by atoms with Gasteiger partial charge in [0.2, 0.25) is 11.8 Å². The zero-order valence-electron chi connectivity index (χ0n) is 15.4. The Morgan fingerprint density at radius 3 is 2.78 bits per heavy atom. The number of hydrogen-bond donors (Lipinski definition) is 1. The molecule has 1 saturated heterocycles. The number of carbonyl (C=O) groups is 2. The molecule has 0 saturated carbocycles. The largest absolute Gasteiger partial charge is 0.361 e. The van der Waals surface area contributed by atoms with Crippen LogP contribution in [0.5, 0.6) is 0 Å². The first-order chi connectivity index (χ1) is 13.1. The summed E-state index contributed by atoms with van der Waals surface area (Å²) in [5.41, 5.74) is 3.06. The van der Waals surface area contributed by atoms with Crippen molar-refractivity contribution in [2.45, 2.75) is 19.4 Å². The summed E-state index contributed by atoms with van der Waals surface area (Å²) < 4.78 is 0. The number of piperidine rings is 1. The van der Waals surface area contributed by atoms with E-state index in [1.165, 1.54) is 0 Å². The number of fused-ring (bicyclic) bond motifs is 1. The molecule has 5 heteroatoms. The van der Waals surface area contributed by atoms with E-state index in [-0.39, 0.29) is 17.7 Å². The molecule has 0 spiro atoms. The fraction of sp³-hybridized carbons (Fsp3) is 0.273. The number of hydrogen-bond acceptors (Lipinski definition) is 2. The minimum absolute atomic E-state index is 0.0880. The SMILES string of the molecule is CN(Cc1cccc2[nH]ccc12)C(=O)C1CCC(=O)N(c2ccccc2)C1. The number of rotatable bonds is 4. The van der Waals surface area contributed by atoms with Gasteiger partial charge in [-0.2, -0.15) is 0 Å². The predicted molar refractivity (Wildman–Crippen MR) is 106 cm³/mol. The Labute approximate surface area is 158 Å². The van der Waals surface area contributed by atoms with Gasteiger partial charge in [0.05, 0.1) is 5.92 Å². The number of nitrogens with one attached hydrogen (secondary N) is 1. The molecule has 3 aromatic rings. The van der Waals surface area contributed by atoms with E-state index in [2.05, 4.69) is 11.1 Å². The Kier molecular flexibility index (Phi) is 4.67. The van der Waals surface area contributed by atoms with Crippen LogP contribution < -0.4 is 4.90 Å². The van der Waals surface area contributed by atoms with Gasteiger partial charge in [-0.3, -0.25) is 9.59 Å². The predicted octanol–water partition coefficient (Wildman–Crippen LogP) is 3.57. The summed E-state index contributed by atoms with van der Waals surface area (Å²) >= 11 is 0. The molecular weight excluding hydrogens is 338 g/mol. The molecule has 2 heterocycles. The Balaban J connectivity index is 1.48. The van der Waals surface area contributed by atoms with Crippen molar-refractivity contribution < 1.29 is 9.59 Å². The lowest BCUT2D eigenvalue weighted by Gasteiger charge is -2.34. The van der Waals surface area contributed by atoms with Crippen LogP contribution in [0.2, 0.25) is 0 Å². The molecule has 0 aliphatic carbocycles. The number of carbonyl (C=O) groups excluding carboxylic acids is 2. The number of amides is 2. The second kappa shape index (κ2) is 7.27. The van der Waals surface area contributed by atoms with Crippen LogP contribution in [-0.2, 0) is 16.1 Å². The van der Waals surface area contributed by atoms with Gasteiger partial charge in [-0.1, -0.05) is 30.3 Å². The summed E-state index contributed by atoms with van der Waals surface area (Å²) in [6.45, 7) is 1.00. The summed E-state index contributed by atoms with van der Waals surface area (Å²) in [5.74, 6) is 0.0132. The highest BCUT2D eigenvalue weighted by atomic mass is 16.2. The molecule has 138 valence electrons. The molecular formula is C22H23N3O2. The Hall–Kier alpha value is -3.08. The average molecular weight is 361 g/mol. The maximum Gasteiger partial charge on any atom is 0.227 e. The smallest absolute Gasteiger partial charge is 0.227 e. The van der Waals surface area contributed by atoms with Crippen molar-refractivity contribution >= 4 is 28.4 Å². The lowest BCUT2D eigenvalue weighted by Crippen LogP contribution is -2.46. The van der Waals surface area contributed by atoms with Crippen molar-refractivity contribution in [3.63, 3.8) is 0 Å². The van der Waals surface area contributed by atoms with Crippen molar-refractivity contribution in [3.8, 4) is 0 Å². The highest BCUT2D eigenvalue weighted by molar-refractivity contribution is 5.96. The topological polar surface area (TPSA) is 56.4 Å². The van der Waals surface area contributed by atoms with Gasteiger partial charge in [0.1, 0.15) is 0 Å². The van der Waals surface area contributed by atoms with Crippen LogP contribution >= 0.6 is 0 Å². The fourth-order valence-electron chi connectivity index (χ4n) is 3.84. The minimum Gasteiger partial charge on any atom is -0.361 e. The molecule has 4 rings (SSSR count). The number of aromatic nitrogens is 1. The second-order valence-corrected chi connectivity index (χ2v) is 7.13. The normalized spacial score (nSPS) is 17.3. The van der Waals surface area contributed by atoms with E-state index in [0.29, 0.717) is 25.9 Å². The van der Waals surface area contributed by atoms with Crippen molar-refractivity contribution in [3.05, 3.63) is 66.4 Å². The van der Waals surface area contributed by atoms with Crippen molar-refractivity contribution in [1.29, 1.82) is 0 Å². The van der Waals surface area contributed by atoms with Crippen molar-refractivity contribution in [1.82, 2.24) is 9.88 Å². The summed E-state index contributed by atoms with van der Waals surface area (Å²) in [7, 11) is 1.84. The zero-order chi connectivity index (χ0) is 18.8. The van der Waals surface area contributed by atoms with E-state index in [1.54, 1.807) is 9.80 Å². The molecule has 2 amide bonds. The second-order valence-electron chi connectivity index (χ2n) is 7.13. The van der Waals surface area contributed by atoms with E-state index in [4.69, 9.17) is 0 Å². The Morgan fingerprint density at radius 1 is 1.15 bits per heavy atom. The third-order valence-corrected chi connectivity index (χ3v) is 5.30. The van der Waals surface area contributed by atoms with E-state index in [0.717, 1.165) is 22.2 Å². The average Bonchev–Trinajstić information content (AvgIpc) is 3.18. The number of para-hydroxylation sites is 1. The van der Waals surface area contributed by atoms with Crippen molar-refractivity contribution in [2.24, 2.45) is 5.92 Å². The Morgan fingerprint density at radius 2 is 1.96 bits per heavy atom. The highest BCUT2D eigenvalue weighted by Crippen LogP contribution is 2.26. The van der Waals surface area contributed by atoms with Crippen LogP contribution in [0.15, 0.2) is 60.8 Å². The van der Waals surface area contributed by atoms with Gasteiger partial charge in [0, 0.05) is 49.3 Å². The van der Waals surface area contributed by atoms with Crippen LogP contribution in [-0.4, -0.2) is 35.3 Å². The summed E-state index contributed by atoms with van der Waals surface area (Å²) in [5, 5.41) is 1.14. The minimum atomic E-state index is -0.168. The molecule has 1 aliphatic heterocycles. The molecule has 0 radical (unpaired) electrons. The van der Waals surface area contributed by atoms with Gasteiger partial charge < -0.3 is 14.8 Å². The third-order valence-electron chi connectivity index (χ3n) is 5.30. The quantitative estimate of drug-likeness (QED) is 0.772. The number of anilines is 1. The maximum atomic E-state index is 13.0.